The van der Waals surface area contributed by atoms with Gasteiger partial charge in [0, 0.05) is 23.3 Å². The maximum atomic E-state index is 11.9. The number of nitrogens with one attached hydrogen (secondary N) is 2. The summed E-state index contributed by atoms with van der Waals surface area (Å²) >= 11 is 0. The van der Waals surface area contributed by atoms with Crippen molar-refractivity contribution in [3.63, 3.8) is 0 Å². The first-order valence-electron chi connectivity index (χ1n) is 9.95. The van der Waals surface area contributed by atoms with Crippen molar-refractivity contribution in [3.8, 4) is 23.3 Å². The molecule has 0 saturated carbocycles. The number of unbranched alkanes of at least 4 members (excludes halogenated alkanes) is 1. The topological polar surface area (TPSA) is 72.5 Å². The van der Waals surface area contributed by atoms with E-state index in [4.69, 9.17) is 9.47 Å². The summed E-state index contributed by atoms with van der Waals surface area (Å²) in [5.74, 6) is 7.25. The lowest BCUT2D eigenvalue weighted by atomic mass is 10.2. The van der Waals surface area contributed by atoms with Crippen LogP contribution in [0.5, 0.6) is 11.5 Å². The summed E-state index contributed by atoms with van der Waals surface area (Å²) < 4.78 is 11.2. The Morgan fingerprint density at radius 1 is 1.03 bits per heavy atom. The number of fused-ring (bicyclic) bond motifs is 1. The molecule has 0 bridgehead atoms. The van der Waals surface area contributed by atoms with Gasteiger partial charge < -0.3 is 20.1 Å². The molecule has 6 nitrogen and oxygen atoms in total. The first-order chi connectivity index (χ1) is 14.7. The van der Waals surface area contributed by atoms with Gasteiger partial charge in [0.05, 0.1) is 18.7 Å². The van der Waals surface area contributed by atoms with Crippen LogP contribution < -0.4 is 20.1 Å². The van der Waals surface area contributed by atoms with E-state index in [-0.39, 0.29) is 19.2 Å². The van der Waals surface area contributed by atoms with Crippen LogP contribution in [0.15, 0.2) is 60.8 Å². The fourth-order valence-corrected chi connectivity index (χ4v) is 2.64. The minimum Gasteiger partial charge on any atom is -0.494 e. The number of amides is 2. The van der Waals surface area contributed by atoms with E-state index in [0.29, 0.717) is 18.0 Å². The van der Waals surface area contributed by atoms with Crippen molar-refractivity contribution in [1.29, 1.82) is 0 Å². The van der Waals surface area contributed by atoms with E-state index >= 15 is 0 Å². The van der Waals surface area contributed by atoms with Crippen LogP contribution >= 0.6 is 0 Å². The third-order valence-corrected chi connectivity index (χ3v) is 4.23. The quantitative estimate of drug-likeness (QED) is 0.425. The molecule has 3 rings (SSSR count). The summed E-state index contributed by atoms with van der Waals surface area (Å²) in [5.41, 5.74) is 1.57. The fourth-order valence-electron chi connectivity index (χ4n) is 2.64. The Hall–Kier alpha value is -3.72. The van der Waals surface area contributed by atoms with Crippen molar-refractivity contribution < 1.29 is 14.3 Å². The zero-order chi connectivity index (χ0) is 21.0. The molecule has 0 aliphatic rings. The molecular weight excluding hydrogens is 378 g/mol. The van der Waals surface area contributed by atoms with Gasteiger partial charge in [-0.25, -0.2) is 4.79 Å². The molecule has 0 saturated heterocycles. The molecule has 1 aromatic heterocycles. The Kier molecular flexibility index (Phi) is 7.93. The molecule has 0 fully saturated rings. The van der Waals surface area contributed by atoms with Gasteiger partial charge in [0.1, 0.15) is 18.1 Å². The summed E-state index contributed by atoms with van der Waals surface area (Å²) in [6.45, 7) is 3.28. The van der Waals surface area contributed by atoms with E-state index in [2.05, 4.69) is 34.4 Å². The van der Waals surface area contributed by atoms with Crippen LogP contribution in [0.4, 0.5) is 10.5 Å². The third kappa shape index (κ3) is 6.71. The highest BCUT2D eigenvalue weighted by Crippen LogP contribution is 2.18. The van der Waals surface area contributed by atoms with Crippen molar-refractivity contribution in [2.75, 3.05) is 25.1 Å². The van der Waals surface area contributed by atoms with Gasteiger partial charge in [0.25, 0.3) is 0 Å². The van der Waals surface area contributed by atoms with Crippen LogP contribution in [0.1, 0.15) is 19.8 Å². The Balaban J connectivity index is 1.35. The summed E-state index contributed by atoms with van der Waals surface area (Å²) in [4.78, 5) is 16.2. The molecule has 0 atom stereocenters. The van der Waals surface area contributed by atoms with E-state index in [1.807, 2.05) is 42.5 Å². The highest BCUT2D eigenvalue weighted by Gasteiger charge is 2.01. The number of aromatic nitrogens is 1. The molecule has 1 heterocycles. The highest BCUT2D eigenvalue weighted by molar-refractivity contribution is 5.89. The van der Waals surface area contributed by atoms with E-state index < -0.39 is 0 Å². The van der Waals surface area contributed by atoms with Crippen LogP contribution in [0.25, 0.3) is 10.9 Å². The predicted molar refractivity (Wildman–Crippen MR) is 119 cm³/mol. The number of pyridine rings is 1. The first-order valence-corrected chi connectivity index (χ1v) is 9.95. The second-order valence-electron chi connectivity index (χ2n) is 6.53. The molecule has 0 radical (unpaired) electrons. The molecule has 154 valence electrons. The first kappa shape index (κ1) is 21.0. The summed E-state index contributed by atoms with van der Waals surface area (Å²) in [7, 11) is 0. The largest absolute Gasteiger partial charge is 0.494 e. The Labute approximate surface area is 176 Å². The van der Waals surface area contributed by atoms with Crippen LogP contribution in [-0.2, 0) is 0 Å². The van der Waals surface area contributed by atoms with Crippen molar-refractivity contribution in [1.82, 2.24) is 10.3 Å². The average molecular weight is 403 g/mol. The zero-order valence-electron chi connectivity index (χ0n) is 17.0. The molecule has 2 aromatic carbocycles. The number of urea groups is 1. The molecular formula is C24H25N3O3. The molecule has 0 spiro atoms. The number of nitrogens with zero attached hydrogens (tertiary/aromatic N) is 1. The summed E-state index contributed by atoms with van der Waals surface area (Å²) in [5, 5.41) is 6.51. The lowest BCUT2D eigenvalue weighted by Crippen LogP contribution is -2.28. The maximum absolute atomic E-state index is 11.9. The number of benzene rings is 2. The van der Waals surface area contributed by atoms with Gasteiger partial charge >= 0.3 is 6.03 Å². The Morgan fingerprint density at radius 3 is 2.70 bits per heavy atom. The number of hydrogen-bond acceptors (Lipinski definition) is 4. The maximum Gasteiger partial charge on any atom is 0.319 e. The van der Waals surface area contributed by atoms with Crippen molar-refractivity contribution in [2.24, 2.45) is 0 Å². The van der Waals surface area contributed by atoms with Crippen molar-refractivity contribution >= 4 is 22.6 Å². The average Bonchev–Trinajstić information content (AvgIpc) is 2.77. The van der Waals surface area contributed by atoms with Crippen molar-refractivity contribution in [2.45, 2.75) is 19.8 Å². The summed E-state index contributed by atoms with van der Waals surface area (Å²) in [6.07, 6.45) is 3.86. The Bertz CT molecular complexity index is 1020. The molecule has 2 amide bonds. The zero-order valence-corrected chi connectivity index (χ0v) is 17.0. The van der Waals surface area contributed by atoms with E-state index in [9.17, 15) is 4.79 Å². The molecule has 0 aliphatic carbocycles. The lowest BCUT2D eigenvalue weighted by molar-refractivity contribution is 0.253. The minimum atomic E-state index is -0.314. The smallest absolute Gasteiger partial charge is 0.319 e. The molecule has 2 N–H and O–H groups in total. The van der Waals surface area contributed by atoms with Gasteiger partial charge in [0.2, 0.25) is 0 Å². The van der Waals surface area contributed by atoms with E-state index in [1.54, 1.807) is 18.3 Å². The SMILES string of the molecule is CCCCOc1ccc(NC(=O)NCC#CCOc2ccc3cccnc3c2)cc1. The highest BCUT2D eigenvalue weighted by atomic mass is 16.5. The van der Waals surface area contributed by atoms with Crippen LogP contribution in [0, 0.1) is 11.8 Å². The number of anilines is 1. The van der Waals surface area contributed by atoms with Gasteiger partial charge in [0.15, 0.2) is 0 Å². The van der Waals surface area contributed by atoms with Gasteiger partial charge in [-0.2, -0.15) is 0 Å². The van der Waals surface area contributed by atoms with Gasteiger partial charge in [-0.15, -0.1) is 0 Å². The van der Waals surface area contributed by atoms with E-state index in [1.165, 1.54) is 0 Å². The van der Waals surface area contributed by atoms with Gasteiger partial charge in [-0.05, 0) is 48.9 Å². The Morgan fingerprint density at radius 2 is 1.87 bits per heavy atom. The number of carbonyl (C=O) groups is 1. The lowest BCUT2D eigenvalue weighted by Gasteiger charge is -2.08. The second-order valence-corrected chi connectivity index (χ2v) is 6.53. The number of ether oxygens (including phenoxy) is 2. The van der Waals surface area contributed by atoms with Crippen molar-refractivity contribution in [3.05, 3.63) is 60.8 Å². The van der Waals surface area contributed by atoms with Gasteiger partial charge in [-0.3, -0.25) is 4.98 Å². The second kappa shape index (κ2) is 11.3. The minimum absolute atomic E-state index is 0.229. The third-order valence-electron chi connectivity index (χ3n) is 4.23. The van der Waals surface area contributed by atoms with Gasteiger partial charge in [-0.1, -0.05) is 31.3 Å². The van der Waals surface area contributed by atoms with Crippen LogP contribution in [0.3, 0.4) is 0 Å². The van der Waals surface area contributed by atoms with E-state index in [0.717, 1.165) is 29.5 Å². The molecule has 6 heteroatoms. The number of rotatable bonds is 8. The monoisotopic (exact) mass is 403 g/mol. The summed E-state index contributed by atoms with van der Waals surface area (Å²) in [6, 6.07) is 16.6. The predicted octanol–water partition coefficient (Wildman–Crippen LogP) is 4.62. The van der Waals surface area contributed by atoms with Crippen LogP contribution in [-0.4, -0.2) is 30.8 Å². The molecule has 0 unspecified atom stereocenters. The standard InChI is InChI=1S/C24H25N3O3/c1-2-3-16-29-21-12-9-20(10-13-21)27-24(28)26-14-4-5-17-30-22-11-8-19-7-6-15-25-23(19)18-22/h6-13,15,18H,2-3,14,16-17H2,1H3,(H2,26,27,28). The number of carbonyl (C=O) groups excluding carboxylic acids is 1. The molecule has 0 aliphatic heterocycles. The molecule has 3 aromatic rings. The number of hydrogen-bond donors (Lipinski definition) is 2. The fraction of sp³-hybridized carbons (Fsp3) is 0.250. The normalized spacial score (nSPS) is 10.0. The van der Waals surface area contributed by atoms with Crippen LogP contribution in [0.2, 0.25) is 0 Å². The molecule has 30 heavy (non-hydrogen) atoms.